The van der Waals surface area contributed by atoms with Gasteiger partial charge in [-0.2, -0.15) is 0 Å². The Balaban J connectivity index is 2.09. The van der Waals surface area contributed by atoms with Gasteiger partial charge in [-0.05, 0) is 36.0 Å². The lowest BCUT2D eigenvalue weighted by Crippen LogP contribution is -1.99. The van der Waals surface area contributed by atoms with E-state index in [-0.39, 0.29) is 0 Å². The van der Waals surface area contributed by atoms with Crippen molar-refractivity contribution in [2.24, 2.45) is 5.92 Å². The molecule has 0 bridgehead atoms. The van der Waals surface area contributed by atoms with E-state index in [1.165, 1.54) is 24.8 Å². The number of fused-ring (bicyclic) bond motifs is 2. The lowest BCUT2D eigenvalue weighted by molar-refractivity contribution is 0.930. The van der Waals surface area contributed by atoms with E-state index in [4.69, 9.17) is 0 Å². The van der Waals surface area contributed by atoms with Crippen molar-refractivity contribution in [3.8, 4) is 0 Å². The average Bonchev–Trinajstić information content (AvgIpc) is 2.64. The molecule has 12 heavy (non-hydrogen) atoms. The first-order valence-corrected chi connectivity index (χ1v) is 4.73. The van der Waals surface area contributed by atoms with Crippen LogP contribution in [-0.4, -0.2) is 0 Å². The minimum Gasteiger partial charge on any atom is -0.0732 e. The fourth-order valence-electron chi connectivity index (χ4n) is 2.37. The maximum atomic E-state index is 2.44. The summed E-state index contributed by atoms with van der Waals surface area (Å²) in [4.78, 5) is 0. The highest BCUT2D eigenvalue weighted by atomic mass is 14.3. The van der Waals surface area contributed by atoms with Crippen LogP contribution in [0.4, 0.5) is 0 Å². The molecule has 3 aliphatic carbocycles. The van der Waals surface area contributed by atoms with Crippen molar-refractivity contribution in [3.63, 3.8) is 0 Å². The highest BCUT2D eigenvalue weighted by Crippen LogP contribution is 2.39. The fourth-order valence-corrected chi connectivity index (χ4v) is 2.37. The lowest BCUT2D eigenvalue weighted by Gasteiger charge is -2.15. The first-order chi connectivity index (χ1) is 5.93. The summed E-state index contributed by atoms with van der Waals surface area (Å²) in [5.74, 6) is 0.613. The molecule has 1 atom stereocenters. The van der Waals surface area contributed by atoms with Gasteiger partial charge < -0.3 is 0 Å². The SMILES string of the molecule is C1=CC2C=C3CCCC3=CC2=C1. The molecule has 0 aromatic carbocycles. The zero-order valence-corrected chi connectivity index (χ0v) is 7.09. The van der Waals surface area contributed by atoms with Gasteiger partial charge in [0.05, 0.1) is 0 Å². The normalized spacial score (nSPS) is 30.7. The Labute approximate surface area is 73.0 Å². The van der Waals surface area contributed by atoms with Gasteiger partial charge in [0.2, 0.25) is 0 Å². The van der Waals surface area contributed by atoms with Crippen molar-refractivity contribution < 1.29 is 0 Å². The summed E-state index contributed by atoms with van der Waals surface area (Å²) >= 11 is 0. The largest absolute Gasteiger partial charge is 0.0732 e. The zero-order chi connectivity index (χ0) is 7.97. The standard InChI is InChI=1S/C12H12/c1-3-9-7-11-5-2-6-12(11)8-10(9)4-1/h1,3-4,7-9H,2,5-6H2. The Hall–Kier alpha value is -1.04. The van der Waals surface area contributed by atoms with E-state index in [1.54, 1.807) is 11.1 Å². The number of hydrogen-bond donors (Lipinski definition) is 0. The van der Waals surface area contributed by atoms with Crippen LogP contribution in [0.2, 0.25) is 0 Å². The smallest absolute Gasteiger partial charge is 0.0207 e. The van der Waals surface area contributed by atoms with Crippen LogP contribution in [0.25, 0.3) is 0 Å². The van der Waals surface area contributed by atoms with Crippen LogP contribution < -0.4 is 0 Å². The molecule has 0 nitrogen and oxygen atoms in total. The van der Waals surface area contributed by atoms with E-state index in [2.05, 4.69) is 30.4 Å². The first-order valence-electron chi connectivity index (χ1n) is 4.73. The summed E-state index contributed by atoms with van der Waals surface area (Å²) in [5, 5.41) is 0. The van der Waals surface area contributed by atoms with E-state index in [1.807, 2.05) is 0 Å². The highest BCUT2D eigenvalue weighted by molar-refractivity contribution is 5.52. The van der Waals surface area contributed by atoms with Gasteiger partial charge >= 0.3 is 0 Å². The van der Waals surface area contributed by atoms with E-state index >= 15 is 0 Å². The summed E-state index contributed by atoms with van der Waals surface area (Å²) in [6.07, 6.45) is 15.5. The molecule has 3 rings (SSSR count). The van der Waals surface area contributed by atoms with Crippen molar-refractivity contribution in [2.75, 3.05) is 0 Å². The molecule has 60 valence electrons. The van der Waals surface area contributed by atoms with E-state index in [0.29, 0.717) is 5.92 Å². The van der Waals surface area contributed by atoms with Crippen molar-refractivity contribution >= 4 is 0 Å². The van der Waals surface area contributed by atoms with Gasteiger partial charge in [0.15, 0.2) is 0 Å². The van der Waals surface area contributed by atoms with Crippen molar-refractivity contribution in [2.45, 2.75) is 19.3 Å². The van der Waals surface area contributed by atoms with Gasteiger partial charge in [-0.3, -0.25) is 0 Å². The molecule has 3 aliphatic rings. The summed E-state index contributed by atoms with van der Waals surface area (Å²) in [7, 11) is 0. The predicted octanol–water partition coefficient (Wildman–Crippen LogP) is 3.15. The molecule has 0 radical (unpaired) electrons. The van der Waals surface area contributed by atoms with Crippen LogP contribution >= 0.6 is 0 Å². The third-order valence-electron chi connectivity index (χ3n) is 3.02. The maximum Gasteiger partial charge on any atom is 0.0207 e. The Morgan fingerprint density at radius 2 is 2.08 bits per heavy atom. The molecule has 0 aromatic rings. The zero-order valence-electron chi connectivity index (χ0n) is 7.09. The van der Waals surface area contributed by atoms with Gasteiger partial charge in [0.1, 0.15) is 0 Å². The summed E-state index contributed by atoms with van der Waals surface area (Å²) in [6, 6.07) is 0. The van der Waals surface area contributed by atoms with Crippen LogP contribution in [0.3, 0.4) is 0 Å². The molecule has 0 spiro atoms. The number of hydrogen-bond acceptors (Lipinski definition) is 0. The molecule has 0 aromatic heterocycles. The molecule has 1 saturated carbocycles. The van der Waals surface area contributed by atoms with Crippen molar-refractivity contribution in [3.05, 3.63) is 47.1 Å². The molecule has 0 saturated heterocycles. The molecule has 1 fully saturated rings. The highest BCUT2D eigenvalue weighted by Gasteiger charge is 2.22. The average molecular weight is 156 g/mol. The van der Waals surface area contributed by atoms with E-state index < -0.39 is 0 Å². The van der Waals surface area contributed by atoms with Crippen LogP contribution in [0.5, 0.6) is 0 Å². The van der Waals surface area contributed by atoms with Gasteiger partial charge in [0, 0.05) is 5.92 Å². The quantitative estimate of drug-likeness (QED) is 0.505. The third kappa shape index (κ3) is 0.781. The Kier molecular flexibility index (Phi) is 1.20. The molecule has 0 heteroatoms. The Morgan fingerprint density at radius 1 is 1.17 bits per heavy atom. The summed E-state index contributed by atoms with van der Waals surface area (Å²) in [6.45, 7) is 0. The van der Waals surface area contributed by atoms with E-state index in [0.717, 1.165) is 0 Å². The van der Waals surface area contributed by atoms with Gasteiger partial charge in [-0.25, -0.2) is 0 Å². The molecular formula is C12H12. The summed E-state index contributed by atoms with van der Waals surface area (Å²) < 4.78 is 0. The first kappa shape index (κ1) is 6.47. The Bertz CT molecular complexity index is 337. The van der Waals surface area contributed by atoms with Gasteiger partial charge in [-0.15, -0.1) is 0 Å². The summed E-state index contributed by atoms with van der Waals surface area (Å²) in [5.41, 5.74) is 4.71. The van der Waals surface area contributed by atoms with E-state index in [9.17, 15) is 0 Å². The fraction of sp³-hybridized carbons (Fsp3) is 0.333. The number of allylic oxidation sites excluding steroid dienone is 8. The minimum atomic E-state index is 0.613. The van der Waals surface area contributed by atoms with Gasteiger partial charge in [0.25, 0.3) is 0 Å². The minimum absolute atomic E-state index is 0.613. The third-order valence-corrected chi connectivity index (χ3v) is 3.02. The topological polar surface area (TPSA) is 0 Å². The maximum absolute atomic E-state index is 2.44. The molecule has 0 heterocycles. The Morgan fingerprint density at radius 3 is 3.08 bits per heavy atom. The molecule has 0 N–H and O–H groups in total. The van der Waals surface area contributed by atoms with Crippen LogP contribution in [-0.2, 0) is 0 Å². The monoisotopic (exact) mass is 156 g/mol. The lowest BCUT2D eigenvalue weighted by atomic mass is 9.90. The number of rotatable bonds is 0. The van der Waals surface area contributed by atoms with Crippen LogP contribution in [0, 0.1) is 5.92 Å². The van der Waals surface area contributed by atoms with Crippen molar-refractivity contribution in [1.82, 2.24) is 0 Å². The second-order valence-electron chi connectivity index (χ2n) is 3.79. The molecular weight excluding hydrogens is 144 g/mol. The predicted molar refractivity (Wildman–Crippen MR) is 50.7 cm³/mol. The molecule has 0 aliphatic heterocycles. The second kappa shape index (κ2) is 2.22. The van der Waals surface area contributed by atoms with Crippen LogP contribution in [0.15, 0.2) is 47.1 Å². The molecule has 0 amide bonds. The van der Waals surface area contributed by atoms with Gasteiger partial charge in [-0.1, -0.05) is 30.4 Å². The van der Waals surface area contributed by atoms with Crippen LogP contribution in [0.1, 0.15) is 19.3 Å². The second-order valence-corrected chi connectivity index (χ2v) is 3.79. The molecule has 1 unspecified atom stereocenters. The van der Waals surface area contributed by atoms with Crippen molar-refractivity contribution in [1.29, 1.82) is 0 Å².